The molecule has 0 bridgehead atoms. The molecule has 26 heavy (non-hydrogen) atoms. The first-order valence-corrected chi connectivity index (χ1v) is 11.5. The van der Waals surface area contributed by atoms with E-state index in [0.29, 0.717) is 11.9 Å². The van der Waals surface area contributed by atoms with Crippen molar-refractivity contribution in [3.63, 3.8) is 0 Å². The molecular formula is C19H35N5OS. The average Bonchev–Trinajstić information content (AvgIpc) is 3.16. The van der Waals surface area contributed by atoms with E-state index in [9.17, 15) is 4.79 Å². The van der Waals surface area contributed by atoms with Crippen LogP contribution in [-0.2, 0) is 4.79 Å². The van der Waals surface area contributed by atoms with Gasteiger partial charge in [-0.15, -0.1) is 0 Å². The van der Waals surface area contributed by atoms with Gasteiger partial charge in [0.05, 0.1) is 0 Å². The van der Waals surface area contributed by atoms with E-state index in [4.69, 9.17) is 0 Å². The predicted octanol–water partition coefficient (Wildman–Crippen LogP) is 1.38. The Balaban J connectivity index is 1.36. The largest absolute Gasteiger partial charge is 0.355 e. The number of likely N-dealkylation sites (tertiary alicyclic amines) is 1. The summed E-state index contributed by atoms with van der Waals surface area (Å²) in [7, 11) is 1.83. The minimum Gasteiger partial charge on any atom is -0.355 e. The second-order valence-electron chi connectivity index (χ2n) is 7.70. The van der Waals surface area contributed by atoms with Gasteiger partial charge in [0.2, 0.25) is 5.91 Å². The van der Waals surface area contributed by atoms with Crippen LogP contribution in [-0.4, -0.2) is 85.5 Å². The van der Waals surface area contributed by atoms with Crippen molar-refractivity contribution in [1.29, 1.82) is 0 Å². The smallest absolute Gasteiger partial charge is 0.225 e. The number of rotatable bonds is 5. The standard InChI is InChI=1S/C19H35N5OS/c1-20-19(21-8-10-23-11-13-26-14-12-23)22-17-7-9-24(15-17)18(25)16-5-3-2-4-6-16/h16-17H,2-15H2,1H3,(H2,20,21,22). The molecule has 3 rings (SSSR count). The first-order chi connectivity index (χ1) is 12.8. The third kappa shape index (κ3) is 5.78. The molecule has 2 saturated heterocycles. The molecule has 0 spiro atoms. The molecule has 1 atom stereocenters. The number of guanidine groups is 1. The molecule has 0 aromatic carbocycles. The highest BCUT2D eigenvalue weighted by molar-refractivity contribution is 7.99. The average molecular weight is 382 g/mol. The van der Waals surface area contributed by atoms with Crippen molar-refractivity contribution < 1.29 is 4.79 Å². The maximum atomic E-state index is 12.7. The van der Waals surface area contributed by atoms with E-state index in [1.165, 1.54) is 43.9 Å². The number of nitrogens with one attached hydrogen (secondary N) is 2. The number of thioether (sulfide) groups is 1. The zero-order chi connectivity index (χ0) is 18.2. The van der Waals surface area contributed by atoms with Gasteiger partial charge in [-0.2, -0.15) is 11.8 Å². The van der Waals surface area contributed by atoms with E-state index in [0.717, 1.165) is 51.4 Å². The maximum Gasteiger partial charge on any atom is 0.225 e. The van der Waals surface area contributed by atoms with Gasteiger partial charge in [-0.25, -0.2) is 0 Å². The molecule has 0 aromatic rings. The third-order valence-corrected chi connectivity index (χ3v) is 6.79. The Morgan fingerprint density at radius 2 is 1.88 bits per heavy atom. The van der Waals surface area contributed by atoms with Gasteiger partial charge >= 0.3 is 0 Å². The van der Waals surface area contributed by atoms with Crippen molar-refractivity contribution in [3.05, 3.63) is 0 Å². The lowest BCUT2D eigenvalue weighted by Crippen LogP contribution is -2.47. The fraction of sp³-hybridized carbons (Fsp3) is 0.895. The molecule has 1 unspecified atom stereocenters. The lowest BCUT2D eigenvalue weighted by Gasteiger charge is -2.27. The van der Waals surface area contributed by atoms with Crippen molar-refractivity contribution in [2.24, 2.45) is 10.9 Å². The molecule has 3 fully saturated rings. The van der Waals surface area contributed by atoms with Crippen LogP contribution in [0, 0.1) is 5.92 Å². The molecule has 148 valence electrons. The lowest BCUT2D eigenvalue weighted by molar-refractivity contribution is -0.135. The van der Waals surface area contributed by atoms with E-state index in [2.05, 4.69) is 25.4 Å². The topological polar surface area (TPSA) is 60.0 Å². The normalized spacial score (nSPS) is 26.1. The summed E-state index contributed by atoms with van der Waals surface area (Å²) in [6, 6.07) is 0.320. The van der Waals surface area contributed by atoms with Crippen LogP contribution in [0.3, 0.4) is 0 Å². The summed E-state index contributed by atoms with van der Waals surface area (Å²) < 4.78 is 0. The van der Waals surface area contributed by atoms with Gasteiger partial charge in [0.1, 0.15) is 0 Å². The fourth-order valence-corrected chi connectivity index (χ4v) is 5.21. The second-order valence-corrected chi connectivity index (χ2v) is 8.93. The molecule has 7 heteroatoms. The fourth-order valence-electron chi connectivity index (χ4n) is 4.23. The van der Waals surface area contributed by atoms with Crippen LogP contribution in [0.5, 0.6) is 0 Å². The Kier molecular flexibility index (Phi) is 7.92. The number of aliphatic imine (C=N–C) groups is 1. The molecule has 2 aliphatic heterocycles. The van der Waals surface area contributed by atoms with E-state index < -0.39 is 0 Å². The van der Waals surface area contributed by atoms with Gasteiger partial charge in [-0.1, -0.05) is 19.3 Å². The number of hydrogen-bond acceptors (Lipinski definition) is 4. The summed E-state index contributed by atoms with van der Waals surface area (Å²) in [5, 5.41) is 6.95. The molecular weight excluding hydrogens is 346 g/mol. The Morgan fingerprint density at radius 3 is 2.62 bits per heavy atom. The molecule has 6 nitrogen and oxygen atoms in total. The van der Waals surface area contributed by atoms with Crippen molar-refractivity contribution in [2.75, 3.05) is 57.8 Å². The summed E-state index contributed by atoms with van der Waals surface area (Å²) in [6.45, 7) is 6.08. The maximum absolute atomic E-state index is 12.7. The van der Waals surface area contributed by atoms with Crippen LogP contribution in [0.2, 0.25) is 0 Å². The van der Waals surface area contributed by atoms with Crippen molar-refractivity contribution >= 4 is 23.6 Å². The van der Waals surface area contributed by atoms with E-state index in [1.807, 2.05) is 18.8 Å². The first kappa shape index (κ1) is 19.8. The minimum absolute atomic E-state index is 0.280. The van der Waals surface area contributed by atoms with Crippen molar-refractivity contribution in [3.8, 4) is 0 Å². The molecule has 0 radical (unpaired) electrons. The van der Waals surface area contributed by atoms with Crippen molar-refractivity contribution in [2.45, 2.75) is 44.6 Å². The zero-order valence-electron chi connectivity index (χ0n) is 16.2. The van der Waals surface area contributed by atoms with Crippen LogP contribution < -0.4 is 10.6 Å². The minimum atomic E-state index is 0.280. The van der Waals surface area contributed by atoms with Crippen molar-refractivity contribution in [1.82, 2.24) is 20.4 Å². The number of nitrogens with zero attached hydrogens (tertiary/aromatic N) is 3. The van der Waals surface area contributed by atoms with Gasteiger partial charge in [0.25, 0.3) is 0 Å². The van der Waals surface area contributed by atoms with E-state index in [1.54, 1.807) is 0 Å². The van der Waals surface area contributed by atoms with Gasteiger partial charge < -0.3 is 15.5 Å². The Hall–Kier alpha value is -0.950. The molecule has 1 amide bonds. The molecule has 0 aromatic heterocycles. The summed E-state index contributed by atoms with van der Waals surface area (Å²) in [5.74, 6) is 4.04. The highest BCUT2D eigenvalue weighted by Crippen LogP contribution is 2.26. The number of amides is 1. The molecule has 1 saturated carbocycles. The summed E-state index contributed by atoms with van der Waals surface area (Å²) in [6.07, 6.45) is 6.93. The quantitative estimate of drug-likeness (QED) is 0.557. The second kappa shape index (κ2) is 10.4. The summed E-state index contributed by atoms with van der Waals surface area (Å²) >= 11 is 2.05. The molecule has 2 heterocycles. The Labute approximate surface area is 162 Å². The van der Waals surface area contributed by atoms with E-state index >= 15 is 0 Å². The van der Waals surface area contributed by atoms with Gasteiger partial charge in [0.15, 0.2) is 5.96 Å². The SMILES string of the molecule is CN=C(NCCN1CCSCC1)NC1CCN(C(=O)C2CCCCC2)C1. The Bertz CT molecular complexity index is 475. The Morgan fingerprint density at radius 1 is 1.12 bits per heavy atom. The van der Waals surface area contributed by atoms with Gasteiger partial charge in [-0.3, -0.25) is 14.7 Å². The number of hydrogen-bond donors (Lipinski definition) is 2. The monoisotopic (exact) mass is 381 g/mol. The molecule has 2 N–H and O–H groups in total. The summed E-state index contributed by atoms with van der Waals surface area (Å²) in [4.78, 5) is 21.6. The highest BCUT2D eigenvalue weighted by atomic mass is 32.2. The van der Waals surface area contributed by atoms with Crippen LogP contribution >= 0.6 is 11.8 Å². The van der Waals surface area contributed by atoms with Crippen LogP contribution in [0.4, 0.5) is 0 Å². The molecule has 3 aliphatic rings. The third-order valence-electron chi connectivity index (χ3n) is 5.84. The lowest BCUT2D eigenvalue weighted by atomic mass is 9.88. The zero-order valence-corrected chi connectivity index (χ0v) is 17.0. The first-order valence-electron chi connectivity index (χ1n) is 10.3. The molecule has 1 aliphatic carbocycles. The highest BCUT2D eigenvalue weighted by Gasteiger charge is 2.31. The van der Waals surface area contributed by atoms with Crippen LogP contribution in [0.25, 0.3) is 0 Å². The van der Waals surface area contributed by atoms with E-state index in [-0.39, 0.29) is 5.92 Å². The van der Waals surface area contributed by atoms with Gasteiger partial charge in [0, 0.05) is 69.8 Å². The summed E-state index contributed by atoms with van der Waals surface area (Å²) in [5.41, 5.74) is 0. The van der Waals surface area contributed by atoms with Gasteiger partial charge in [-0.05, 0) is 19.3 Å². The van der Waals surface area contributed by atoms with Crippen LogP contribution in [0.15, 0.2) is 4.99 Å². The predicted molar refractivity (Wildman–Crippen MR) is 110 cm³/mol. The number of carbonyl (C=O) groups is 1. The number of carbonyl (C=O) groups excluding carboxylic acids is 1. The van der Waals surface area contributed by atoms with Crippen LogP contribution in [0.1, 0.15) is 38.5 Å².